The van der Waals surface area contributed by atoms with Crippen molar-refractivity contribution in [1.82, 2.24) is 4.98 Å². The van der Waals surface area contributed by atoms with Crippen molar-refractivity contribution < 1.29 is 17.7 Å². The highest BCUT2D eigenvalue weighted by Gasteiger charge is 2.18. The zero-order valence-electron chi connectivity index (χ0n) is 15.9. The van der Waals surface area contributed by atoms with E-state index in [1.165, 1.54) is 11.3 Å². The second kappa shape index (κ2) is 7.29. The van der Waals surface area contributed by atoms with Crippen LogP contribution in [0.3, 0.4) is 0 Å². The second-order valence-corrected chi connectivity index (χ2v) is 9.36. The molecule has 29 heavy (non-hydrogen) atoms. The smallest absolute Gasteiger partial charge is 0.266 e. The molecule has 0 amide bonds. The van der Waals surface area contributed by atoms with Gasteiger partial charge in [0.05, 0.1) is 18.4 Å². The van der Waals surface area contributed by atoms with Gasteiger partial charge < -0.3 is 9.72 Å². The molecule has 0 aliphatic heterocycles. The minimum atomic E-state index is -4.00. The van der Waals surface area contributed by atoms with Gasteiger partial charge in [0.1, 0.15) is 10.4 Å². The van der Waals surface area contributed by atoms with E-state index in [0.29, 0.717) is 10.4 Å². The first-order valence-electron chi connectivity index (χ1n) is 8.94. The molecular formula is C21H19NO5S2. The first kappa shape index (κ1) is 19.6. The third-order valence-electron chi connectivity index (χ3n) is 4.98. The highest BCUT2D eigenvalue weighted by atomic mass is 32.2. The number of hydrogen-bond donors (Lipinski definition) is 2. The van der Waals surface area contributed by atoms with Crippen LogP contribution in [0.15, 0.2) is 46.6 Å². The number of aromatic amines is 1. The zero-order valence-corrected chi connectivity index (χ0v) is 17.5. The van der Waals surface area contributed by atoms with Crippen LogP contribution in [0.1, 0.15) is 11.1 Å². The molecule has 0 spiro atoms. The summed E-state index contributed by atoms with van der Waals surface area (Å²) in [5.41, 5.74) is 4.14. The summed E-state index contributed by atoms with van der Waals surface area (Å²) in [5.74, 6) is 0.375. The van der Waals surface area contributed by atoms with E-state index in [0.717, 1.165) is 38.5 Å². The highest BCUT2D eigenvalue weighted by molar-refractivity contribution is 7.85. The van der Waals surface area contributed by atoms with Gasteiger partial charge in [-0.2, -0.15) is 8.42 Å². The van der Waals surface area contributed by atoms with E-state index in [1.807, 2.05) is 48.7 Å². The fourth-order valence-electron chi connectivity index (χ4n) is 3.60. The Balaban J connectivity index is 1.94. The number of pyridine rings is 1. The maximum absolute atomic E-state index is 12.5. The molecule has 2 N–H and O–H groups in total. The number of benzene rings is 2. The average molecular weight is 430 g/mol. The maximum atomic E-state index is 12.5. The molecular weight excluding hydrogens is 410 g/mol. The summed E-state index contributed by atoms with van der Waals surface area (Å²) in [6, 6.07) is 11.3. The Hall–Kier alpha value is -2.68. The van der Waals surface area contributed by atoms with Crippen LogP contribution >= 0.6 is 11.3 Å². The molecule has 2 aromatic heterocycles. The van der Waals surface area contributed by atoms with Gasteiger partial charge >= 0.3 is 0 Å². The van der Waals surface area contributed by atoms with Gasteiger partial charge in [-0.15, -0.1) is 11.3 Å². The van der Waals surface area contributed by atoms with E-state index in [-0.39, 0.29) is 17.7 Å². The van der Waals surface area contributed by atoms with Gasteiger partial charge in [-0.3, -0.25) is 9.35 Å². The lowest BCUT2D eigenvalue weighted by Crippen LogP contribution is -2.07. The van der Waals surface area contributed by atoms with Crippen LogP contribution in [0.4, 0.5) is 0 Å². The van der Waals surface area contributed by atoms with E-state index in [2.05, 4.69) is 4.98 Å². The Morgan fingerprint density at radius 3 is 2.55 bits per heavy atom. The van der Waals surface area contributed by atoms with Crippen molar-refractivity contribution in [2.75, 3.05) is 12.9 Å². The van der Waals surface area contributed by atoms with Crippen molar-refractivity contribution in [2.45, 2.75) is 13.3 Å². The van der Waals surface area contributed by atoms with E-state index >= 15 is 0 Å². The lowest BCUT2D eigenvalue weighted by Gasteiger charge is -2.16. The lowest BCUT2D eigenvalue weighted by molar-refractivity contribution is 0.416. The third kappa shape index (κ3) is 3.66. The maximum Gasteiger partial charge on any atom is 0.266 e. The number of thiophene rings is 1. The largest absolute Gasteiger partial charge is 0.496 e. The molecule has 8 heteroatoms. The standard InChI is InChI=1S/C21H19NO5S2/c1-12-11-16(27-2)17(14-5-3-13(4-6-14)8-10-29(24,25)26)18-15-7-9-28-20(15)21(23)22-19(12)18/h3-7,9,11H,8,10H2,1-2H3,(H,22,23)(H,24,25,26). The van der Waals surface area contributed by atoms with Crippen molar-refractivity contribution >= 4 is 42.4 Å². The summed E-state index contributed by atoms with van der Waals surface area (Å²) in [4.78, 5) is 15.5. The molecule has 0 saturated carbocycles. The molecule has 0 aliphatic carbocycles. The monoisotopic (exact) mass is 429 g/mol. The van der Waals surface area contributed by atoms with Crippen LogP contribution < -0.4 is 10.3 Å². The fourth-order valence-corrected chi connectivity index (χ4v) is 4.89. The normalized spacial score (nSPS) is 12.0. The van der Waals surface area contributed by atoms with Crippen molar-refractivity contribution in [3.63, 3.8) is 0 Å². The van der Waals surface area contributed by atoms with Gasteiger partial charge in [-0.05, 0) is 47.5 Å². The Bertz CT molecular complexity index is 1380. The number of aromatic nitrogens is 1. The van der Waals surface area contributed by atoms with Gasteiger partial charge in [-0.1, -0.05) is 24.3 Å². The van der Waals surface area contributed by atoms with Crippen LogP contribution in [0.2, 0.25) is 0 Å². The number of ether oxygens (including phenoxy) is 1. The van der Waals surface area contributed by atoms with E-state index in [9.17, 15) is 13.2 Å². The van der Waals surface area contributed by atoms with E-state index in [1.54, 1.807) is 7.11 Å². The molecule has 0 aliphatic rings. The van der Waals surface area contributed by atoms with Gasteiger partial charge in [0.2, 0.25) is 0 Å². The van der Waals surface area contributed by atoms with E-state index < -0.39 is 10.1 Å². The average Bonchev–Trinajstić information content (AvgIpc) is 3.17. The molecule has 0 radical (unpaired) electrons. The Morgan fingerprint density at radius 2 is 1.90 bits per heavy atom. The third-order valence-corrected chi connectivity index (χ3v) is 6.61. The minimum Gasteiger partial charge on any atom is -0.496 e. The summed E-state index contributed by atoms with van der Waals surface area (Å²) >= 11 is 1.40. The van der Waals surface area contributed by atoms with Crippen LogP contribution in [-0.4, -0.2) is 30.8 Å². The molecule has 0 bridgehead atoms. The highest BCUT2D eigenvalue weighted by Crippen LogP contribution is 2.41. The summed E-state index contributed by atoms with van der Waals surface area (Å²) in [6.45, 7) is 1.93. The van der Waals surface area contributed by atoms with Crippen LogP contribution in [-0.2, 0) is 16.5 Å². The topological polar surface area (TPSA) is 96.5 Å². The predicted molar refractivity (Wildman–Crippen MR) is 117 cm³/mol. The Kier molecular flexibility index (Phi) is 4.94. The van der Waals surface area contributed by atoms with Crippen LogP contribution in [0, 0.1) is 6.92 Å². The number of hydrogen-bond acceptors (Lipinski definition) is 5. The molecule has 2 aromatic carbocycles. The fraction of sp³-hybridized carbons (Fsp3) is 0.190. The molecule has 0 saturated heterocycles. The summed E-state index contributed by atoms with van der Waals surface area (Å²) in [6.07, 6.45) is 0.229. The van der Waals surface area contributed by atoms with Gasteiger partial charge in [0, 0.05) is 16.3 Å². The number of rotatable bonds is 5. The summed E-state index contributed by atoms with van der Waals surface area (Å²) in [7, 11) is -2.39. The number of H-pyrrole nitrogens is 1. The number of aryl methyl sites for hydroxylation is 2. The van der Waals surface area contributed by atoms with Gasteiger partial charge in [-0.25, -0.2) is 0 Å². The second-order valence-electron chi connectivity index (χ2n) is 6.87. The predicted octanol–water partition coefficient (Wildman–Crippen LogP) is 4.16. The molecule has 0 fully saturated rings. The van der Waals surface area contributed by atoms with Gasteiger partial charge in [0.15, 0.2) is 0 Å². The quantitative estimate of drug-likeness (QED) is 0.465. The molecule has 0 atom stereocenters. The number of fused-ring (bicyclic) bond motifs is 3. The van der Waals surface area contributed by atoms with Crippen molar-refractivity contribution in [1.29, 1.82) is 0 Å². The lowest BCUT2D eigenvalue weighted by atomic mass is 9.94. The van der Waals surface area contributed by atoms with E-state index in [4.69, 9.17) is 9.29 Å². The molecule has 2 heterocycles. The van der Waals surface area contributed by atoms with Gasteiger partial charge in [0.25, 0.3) is 15.7 Å². The molecule has 4 aromatic rings. The van der Waals surface area contributed by atoms with Crippen LogP contribution in [0.25, 0.3) is 32.1 Å². The molecule has 150 valence electrons. The Labute approximate surface area is 171 Å². The Morgan fingerprint density at radius 1 is 1.17 bits per heavy atom. The zero-order chi connectivity index (χ0) is 20.8. The summed E-state index contributed by atoms with van der Waals surface area (Å²) < 4.78 is 37.3. The van der Waals surface area contributed by atoms with Crippen LogP contribution in [0.5, 0.6) is 5.75 Å². The van der Waals surface area contributed by atoms with Crippen molar-refractivity contribution in [2.24, 2.45) is 0 Å². The SMILES string of the molecule is COc1cc(C)c2[nH]c(=O)c3sccc3c2c1-c1ccc(CCS(=O)(=O)O)cc1. The summed E-state index contributed by atoms with van der Waals surface area (Å²) in [5, 5.41) is 3.70. The first-order chi connectivity index (χ1) is 13.8. The first-order valence-corrected chi connectivity index (χ1v) is 11.4. The minimum absolute atomic E-state index is 0.109. The van der Waals surface area contributed by atoms with Crippen molar-refractivity contribution in [3.05, 3.63) is 63.3 Å². The molecule has 6 nitrogen and oxygen atoms in total. The molecule has 0 unspecified atom stereocenters. The number of nitrogens with one attached hydrogen (secondary N) is 1. The molecule has 4 rings (SSSR count). The number of methoxy groups -OCH3 is 1. The van der Waals surface area contributed by atoms with Crippen molar-refractivity contribution in [3.8, 4) is 16.9 Å².